The van der Waals surface area contributed by atoms with Crippen molar-refractivity contribution in [2.24, 2.45) is 0 Å². The van der Waals surface area contributed by atoms with Gasteiger partial charge in [0.1, 0.15) is 12.6 Å². The molecule has 7 nitrogen and oxygen atoms in total. The minimum atomic E-state index is -4.25. The van der Waals surface area contributed by atoms with E-state index in [9.17, 15) is 18.0 Å². The number of nitrogens with zero attached hydrogens (tertiary/aromatic N) is 2. The van der Waals surface area contributed by atoms with Crippen molar-refractivity contribution < 1.29 is 18.0 Å². The van der Waals surface area contributed by atoms with Gasteiger partial charge in [-0.15, -0.1) is 0 Å². The number of carbonyl (C=O) groups excluding carboxylic acids is 2. The Labute approximate surface area is 281 Å². The van der Waals surface area contributed by atoms with Crippen LogP contribution in [-0.4, -0.2) is 43.8 Å². The van der Waals surface area contributed by atoms with Crippen molar-refractivity contribution in [2.45, 2.75) is 62.6 Å². The lowest BCUT2D eigenvalue weighted by Crippen LogP contribution is -2.54. The lowest BCUT2D eigenvalue weighted by atomic mass is 10.0. The first-order valence-electron chi connectivity index (χ1n) is 15.3. The van der Waals surface area contributed by atoms with Gasteiger partial charge in [0.2, 0.25) is 11.8 Å². The molecule has 0 aliphatic heterocycles. The standard InChI is InChI=1S/C36H37Cl2N3O4S/c1-26-18-20-31(21-19-26)46(44,45)41(33-17-8-7-16-32(33)38)25-35(42)40(24-28-12-9-13-29(37)22-28)34(23-27-10-3-2-4-11-27)36(43)39-30-14-5-6-15-30/h2-4,7-13,16-22,30,34H,5-6,14-15,23-25H2,1H3,(H,39,43)/t34-/m0/s1. The van der Waals surface area contributed by atoms with E-state index in [4.69, 9.17) is 23.2 Å². The second-order valence-electron chi connectivity index (χ2n) is 11.6. The molecule has 0 radical (unpaired) electrons. The van der Waals surface area contributed by atoms with Gasteiger partial charge in [0.25, 0.3) is 10.0 Å². The van der Waals surface area contributed by atoms with Crippen LogP contribution in [0.15, 0.2) is 108 Å². The first-order chi connectivity index (χ1) is 22.1. The predicted molar refractivity (Wildman–Crippen MR) is 183 cm³/mol. The number of hydrogen-bond acceptors (Lipinski definition) is 4. The molecule has 0 saturated heterocycles. The van der Waals surface area contributed by atoms with Crippen LogP contribution in [0.25, 0.3) is 0 Å². The third kappa shape index (κ3) is 8.29. The average molecular weight is 679 g/mol. The molecule has 4 aromatic rings. The summed E-state index contributed by atoms with van der Waals surface area (Å²) in [6.45, 7) is 1.32. The quantitative estimate of drug-likeness (QED) is 0.172. The molecule has 2 amide bonds. The number of hydrogen-bond donors (Lipinski definition) is 1. The predicted octanol–water partition coefficient (Wildman–Crippen LogP) is 7.20. The van der Waals surface area contributed by atoms with Gasteiger partial charge in [0.05, 0.1) is 15.6 Å². The molecule has 46 heavy (non-hydrogen) atoms. The Kier molecular flexibility index (Phi) is 11.0. The van der Waals surface area contributed by atoms with E-state index in [2.05, 4.69) is 5.32 Å². The topological polar surface area (TPSA) is 86.8 Å². The van der Waals surface area contributed by atoms with Gasteiger partial charge in [-0.25, -0.2) is 8.42 Å². The zero-order valence-corrected chi connectivity index (χ0v) is 27.9. The monoisotopic (exact) mass is 677 g/mol. The van der Waals surface area contributed by atoms with E-state index < -0.39 is 28.5 Å². The first-order valence-corrected chi connectivity index (χ1v) is 17.5. The van der Waals surface area contributed by atoms with Crippen LogP contribution in [-0.2, 0) is 32.6 Å². The summed E-state index contributed by atoms with van der Waals surface area (Å²) in [5, 5.41) is 3.83. The Morgan fingerprint density at radius 3 is 2.17 bits per heavy atom. The molecular weight excluding hydrogens is 641 g/mol. The van der Waals surface area contributed by atoms with Crippen LogP contribution in [0.1, 0.15) is 42.4 Å². The molecule has 1 fully saturated rings. The highest BCUT2D eigenvalue weighted by Crippen LogP contribution is 2.31. The lowest BCUT2D eigenvalue weighted by molar-refractivity contribution is -0.140. The molecule has 1 aliphatic carbocycles. The van der Waals surface area contributed by atoms with Gasteiger partial charge in [0, 0.05) is 24.0 Å². The van der Waals surface area contributed by atoms with Crippen LogP contribution in [0, 0.1) is 6.92 Å². The zero-order valence-electron chi connectivity index (χ0n) is 25.6. The second kappa shape index (κ2) is 15.2. The molecule has 1 atom stereocenters. The molecule has 1 N–H and O–H groups in total. The molecule has 1 saturated carbocycles. The summed E-state index contributed by atoms with van der Waals surface area (Å²) >= 11 is 12.9. The molecule has 4 aromatic carbocycles. The minimum absolute atomic E-state index is 0.0204. The number of benzene rings is 4. The fourth-order valence-corrected chi connectivity index (χ4v) is 7.69. The van der Waals surface area contributed by atoms with E-state index >= 15 is 0 Å². The Hall–Kier alpha value is -3.85. The smallest absolute Gasteiger partial charge is 0.264 e. The van der Waals surface area contributed by atoms with Gasteiger partial charge >= 0.3 is 0 Å². The number of anilines is 1. The number of carbonyl (C=O) groups is 2. The van der Waals surface area contributed by atoms with Crippen molar-refractivity contribution in [3.05, 3.63) is 130 Å². The highest BCUT2D eigenvalue weighted by Gasteiger charge is 2.36. The molecule has 240 valence electrons. The van der Waals surface area contributed by atoms with E-state index in [-0.39, 0.29) is 40.5 Å². The Bertz CT molecular complexity index is 1760. The second-order valence-corrected chi connectivity index (χ2v) is 14.3. The van der Waals surface area contributed by atoms with Crippen LogP contribution < -0.4 is 9.62 Å². The normalized spacial score (nSPS) is 14.1. The molecule has 0 heterocycles. The van der Waals surface area contributed by atoms with Crippen molar-refractivity contribution in [1.82, 2.24) is 10.2 Å². The van der Waals surface area contributed by atoms with E-state index in [1.165, 1.54) is 17.0 Å². The van der Waals surface area contributed by atoms with E-state index in [1.807, 2.05) is 43.3 Å². The largest absolute Gasteiger partial charge is 0.352 e. The van der Waals surface area contributed by atoms with Crippen LogP contribution >= 0.6 is 23.2 Å². The van der Waals surface area contributed by atoms with Crippen molar-refractivity contribution >= 4 is 50.7 Å². The highest BCUT2D eigenvalue weighted by atomic mass is 35.5. The van der Waals surface area contributed by atoms with E-state index in [0.717, 1.165) is 41.1 Å². The fourth-order valence-electron chi connectivity index (χ4n) is 5.76. The molecular formula is C36H37Cl2N3O4S. The van der Waals surface area contributed by atoms with Crippen LogP contribution in [0.3, 0.4) is 0 Å². The number of amides is 2. The number of rotatable bonds is 12. The van der Waals surface area contributed by atoms with Gasteiger partial charge in [-0.2, -0.15) is 0 Å². The van der Waals surface area contributed by atoms with Gasteiger partial charge in [-0.1, -0.05) is 108 Å². The molecule has 0 aromatic heterocycles. The van der Waals surface area contributed by atoms with Gasteiger partial charge in [0.15, 0.2) is 0 Å². The molecule has 10 heteroatoms. The molecule has 0 unspecified atom stereocenters. The maximum Gasteiger partial charge on any atom is 0.264 e. The summed E-state index contributed by atoms with van der Waals surface area (Å²) in [6, 6.07) is 28.6. The third-order valence-corrected chi connectivity index (χ3v) is 10.6. The Morgan fingerprint density at radius 1 is 0.848 bits per heavy atom. The third-order valence-electron chi connectivity index (χ3n) is 8.22. The van der Waals surface area contributed by atoms with Gasteiger partial charge < -0.3 is 10.2 Å². The Morgan fingerprint density at radius 2 is 1.50 bits per heavy atom. The molecule has 1 aliphatic rings. The van der Waals surface area contributed by atoms with Crippen LogP contribution in [0.5, 0.6) is 0 Å². The fraction of sp³-hybridized carbons (Fsp3) is 0.278. The minimum Gasteiger partial charge on any atom is -0.352 e. The number of halogens is 2. The number of para-hydroxylation sites is 1. The maximum absolute atomic E-state index is 14.6. The summed E-state index contributed by atoms with van der Waals surface area (Å²) in [4.78, 5) is 30.2. The lowest BCUT2D eigenvalue weighted by Gasteiger charge is -2.34. The van der Waals surface area contributed by atoms with E-state index in [0.29, 0.717) is 10.6 Å². The number of aryl methyl sites for hydroxylation is 1. The zero-order chi connectivity index (χ0) is 32.7. The van der Waals surface area contributed by atoms with E-state index in [1.54, 1.807) is 54.6 Å². The number of sulfonamides is 1. The maximum atomic E-state index is 14.6. The SMILES string of the molecule is Cc1ccc(S(=O)(=O)N(CC(=O)N(Cc2cccc(Cl)c2)[C@@H](Cc2ccccc2)C(=O)NC2CCCC2)c2ccccc2Cl)cc1. The summed E-state index contributed by atoms with van der Waals surface area (Å²) in [5.74, 6) is -0.838. The first kappa shape index (κ1) is 33.5. The average Bonchev–Trinajstić information content (AvgIpc) is 3.55. The van der Waals surface area contributed by atoms with Crippen LogP contribution in [0.2, 0.25) is 10.0 Å². The summed E-state index contributed by atoms with van der Waals surface area (Å²) in [7, 11) is -4.25. The summed E-state index contributed by atoms with van der Waals surface area (Å²) in [5.41, 5.74) is 2.63. The summed E-state index contributed by atoms with van der Waals surface area (Å²) in [6.07, 6.45) is 4.05. The van der Waals surface area contributed by atoms with Crippen LogP contribution in [0.4, 0.5) is 5.69 Å². The van der Waals surface area contributed by atoms with Crippen molar-refractivity contribution in [3.63, 3.8) is 0 Å². The molecule has 5 rings (SSSR count). The molecule has 0 bridgehead atoms. The van der Waals surface area contributed by atoms with Crippen molar-refractivity contribution in [2.75, 3.05) is 10.8 Å². The van der Waals surface area contributed by atoms with Gasteiger partial charge in [-0.05, 0) is 67.3 Å². The van der Waals surface area contributed by atoms with Gasteiger partial charge in [-0.3, -0.25) is 13.9 Å². The highest BCUT2D eigenvalue weighted by molar-refractivity contribution is 7.92. The van der Waals surface area contributed by atoms with Crippen molar-refractivity contribution in [3.8, 4) is 0 Å². The summed E-state index contributed by atoms with van der Waals surface area (Å²) < 4.78 is 29.4. The molecule has 0 spiro atoms. The van der Waals surface area contributed by atoms with Crippen molar-refractivity contribution in [1.29, 1.82) is 0 Å². The Balaban J connectivity index is 1.57. The number of nitrogens with one attached hydrogen (secondary N) is 1.